The van der Waals surface area contributed by atoms with E-state index in [1.54, 1.807) is 0 Å². The van der Waals surface area contributed by atoms with E-state index in [1.807, 2.05) is 0 Å². The van der Waals surface area contributed by atoms with Gasteiger partial charge >= 0.3 is 0 Å². The third-order valence-electron chi connectivity index (χ3n) is 4.99. The molecule has 0 aliphatic heterocycles. The van der Waals surface area contributed by atoms with E-state index < -0.39 is 0 Å². The van der Waals surface area contributed by atoms with Crippen LogP contribution in [0.5, 0.6) is 0 Å². The number of hydrogen-bond acceptors (Lipinski definition) is 1. The van der Waals surface area contributed by atoms with Crippen molar-refractivity contribution >= 4 is 17.5 Å². The zero-order chi connectivity index (χ0) is 13.7. The Balaban J connectivity index is 1.95. The van der Waals surface area contributed by atoms with Gasteiger partial charge in [-0.25, -0.2) is 0 Å². The van der Waals surface area contributed by atoms with Crippen LogP contribution >= 0.6 is 11.6 Å². The molecule has 0 heterocycles. The van der Waals surface area contributed by atoms with Crippen molar-refractivity contribution in [3.05, 3.63) is 0 Å². The van der Waals surface area contributed by atoms with Gasteiger partial charge < -0.3 is 4.90 Å². The molecule has 2 rings (SSSR count). The zero-order valence-corrected chi connectivity index (χ0v) is 13.0. The first-order chi connectivity index (χ1) is 9.22. The van der Waals surface area contributed by atoms with Crippen LogP contribution in [-0.4, -0.2) is 29.3 Å². The molecule has 0 aromatic heterocycles. The highest BCUT2D eigenvalue weighted by Gasteiger charge is 2.31. The molecule has 2 saturated carbocycles. The first-order valence-electron chi connectivity index (χ1n) is 8.08. The highest BCUT2D eigenvalue weighted by atomic mass is 35.5. The predicted molar refractivity (Wildman–Crippen MR) is 80.4 cm³/mol. The van der Waals surface area contributed by atoms with Crippen molar-refractivity contribution < 1.29 is 4.79 Å². The summed E-state index contributed by atoms with van der Waals surface area (Å²) < 4.78 is 0. The third-order valence-corrected chi connectivity index (χ3v) is 5.16. The van der Waals surface area contributed by atoms with E-state index in [0.29, 0.717) is 17.8 Å². The van der Waals surface area contributed by atoms with Crippen LogP contribution in [0.4, 0.5) is 0 Å². The van der Waals surface area contributed by atoms with Crippen LogP contribution in [0.15, 0.2) is 0 Å². The first kappa shape index (κ1) is 15.2. The summed E-state index contributed by atoms with van der Waals surface area (Å²) in [4.78, 5) is 14.9. The predicted octanol–water partition coefficient (Wildman–Crippen LogP) is 4.21. The Hall–Kier alpha value is -0.240. The van der Waals surface area contributed by atoms with E-state index in [-0.39, 0.29) is 5.92 Å². The lowest BCUT2D eigenvalue weighted by Crippen LogP contribution is -2.46. The molecule has 0 aromatic rings. The largest absolute Gasteiger partial charge is 0.338 e. The van der Waals surface area contributed by atoms with E-state index in [1.165, 1.54) is 44.9 Å². The molecule has 3 heteroatoms. The highest BCUT2D eigenvalue weighted by Crippen LogP contribution is 2.31. The Bertz CT molecular complexity index is 280. The SMILES string of the molecule is CC1CCC(C(=O)N(CCCl)C2CCCCC2)CC1. The molecule has 0 spiro atoms. The van der Waals surface area contributed by atoms with Crippen molar-refractivity contribution in [1.29, 1.82) is 0 Å². The van der Waals surface area contributed by atoms with Gasteiger partial charge in [0.1, 0.15) is 0 Å². The number of amides is 1. The van der Waals surface area contributed by atoms with Gasteiger partial charge in [-0.05, 0) is 44.4 Å². The first-order valence-corrected chi connectivity index (χ1v) is 8.62. The summed E-state index contributed by atoms with van der Waals surface area (Å²) >= 11 is 5.93. The number of carbonyl (C=O) groups is 1. The van der Waals surface area contributed by atoms with Gasteiger partial charge in [0.2, 0.25) is 5.91 Å². The monoisotopic (exact) mass is 285 g/mol. The maximum Gasteiger partial charge on any atom is 0.225 e. The second-order valence-electron chi connectivity index (χ2n) is 6.47. The fourth-order valence-electron chi connectivity index (χ4n) is 3.70. The van der Waals surface area contributed by atoms with E-state index in [0.717, 1.165) is 25.3 Å². The summed E-state index contributed by atoms with van der Waals surface area (Å²) in [6.45, 7) is 3.05. The van der Waals surface area contributed by atoms with Crippen LogP contribution in [0.2, 0.25) is 0 Å². The lowest BCUT2D eigenvalue weighted by molar-refractivity contribution is -0.139. The molecule has 0 atom stereocenters. The number of nitrogens with zero attached hydrogens (tertiary/aromatic N) is 1. The van der Waals surface area contributed by atoms with Gasteiger partial charge in [-0.2, -0.15) is 0 Å². The standard InChI is InChI=1S/C16H28ClNO/c1-13-7-9-14(10-8-13)16(19)18(12-11-17)15-5-3-2-4-6-15/h13-15H,2-12H2,1H3. The molecular weight excluding hydrogens is 258 g/mol. The molecule has 1 amide bonds. The molecule has 110 valence electrons. The second-order valence-corrected chi connectivity index (χ2v) is 6.85. The van der Waals surface area contributed by atoms with E-state index in [9.17, 15) is 4.79 Å². The average Bonchev–Trinajstić information content (AvgIpc) is 2.46. The Kier molecular flexibility index (Phi) is 6.00. The zero-order valence-electron chi connectivity index (χ0n) is 12.2. The number of rotatable bonds is 4. The lowest BCUT2D eigenvalue weighted by atomic mass is 9.81. The fraction of sp³-hybridized carbons (Fsp3) is 0.938. The highest BCUT2D eigenvalue weighted by molar-refractivity contribution is 6.18. The van der Waals surface area contributed by atoms with Crippen molar-refractivity contribution in [2.45, 2.75) is 70.8 Å². The van der Waals surface area contributed by atoms with Gasteiger partial charge in [0.15, 0.2) is 0 Å². The number of halogens is 1. The Labute approximate surface area is 122 Å². The van der Waals surface area contributed by atoms with Gasteiger partial charge in [0.25, 0.3) is 0 Å². The minimum atomic E-state index is 0.279. The molecule has 0 radical (unpaired) electrons. The van der Waals surface area contributed by atoms with Crippen LogP contribution in [0.25, 0.3) is 0 Å². The summed E-state index contributed by atoms with van der Waals surface area (Å²) in [5, 5.41) is 0. The van der Waals surface area contributed by atoms with Crippen molar-refractivity contribution in [2.24, 2.45) is 11.8 Å². The van der Waals surface area contributed by atoms with Crippen molar-refractivity contribution in [3.63, 3.8) is 0 Å². The Morgan fingerprint density at radius 1 is 1.05 bits per heavy atom. The normalized spacial score (nSPS) is 29.2. The van der Waals surface area contributed by atoms with Crippen molar-refractivity contribution in [2.75, 3.05) is 12.4 Å². The van der Waals surface area contributed by atoms with Crippen LogP contribution in [-0.2, 0) is 4.79 Å². The quantitative estimate of drug-likeness (QED) is 0.709. The molecule has 2 nitrogen and oxygen atoms in total. The van der Waals surface area contributed by atoms with Gasteiger partial charge in [-0.15, -0.1) is 11.6 Å². The molecule has 0 bridgehead atoms. The van der Waals surface area contributed by atoms with Crippen LogP contribution in [0.3, 0.4) is 0 Å². The van der Waals surface area contributed by atoms with E-state index in [4.69, 9.17) is 11.6 Å². The molecule has 2 aliphatic carbocycles. The minimum Gasteiger partial charge on any atom is -0.338 e. The average molecular weight is 286 g/mol. The maximum absolute atomic E-state index is 12.8. The topological polar surface area (TPSA) is 20.3 Å². The Morgan fingerprint density at radius 3 is 2.26 bits per heavy atom. The van der Waals surface area contributed by atoms with Gasteiger partial charge in [0, 0.05) is 24.4 Å². The van der Waals surface area contributed by atoms with Crippen molar-refractivity contribution in [3.8, 4) is 0 Å². The molecule has 2 aliphatic rings. The van der Waals surface area contributed by atoms with Crippen LogP contribution < -0.4 is 0 Å². The van der Waals surface area contributed by atoms with Gasteiger partial charge in [-0.3, -0.25) is 4.79 Å². The number of carbonyl (C=O) groups excluding carboxylic acids is 1. The number of alkyl halides is 1. The molecule has 0 unspecified atom stereocenters. The third kappa shape index (κ3) is 4.11. The van der Waals surface area contributed by atoms with E-state index in [2.05, 4.69) is 11.8 Å². The summed E-state index contributed by atoms with van der Waals surface area (Å²) in [6.07, 6.45) is 10.9. The van der Waals surface area contributed by atoms with E-state index >= 15 is 0 Å². The molecular formula is C16H28ClNO. The van der Waals surface area contributed by atoms with Gasteiger partial charge in [-0.1, -0.05) is 26.2 Å². The Morgan fingerprint density at radius 2 is 1.68 bits per heavy atom. The van der Waals surface area contributed by atoms with Crippen LogP contribution in [0.1, 0.15) is 64.7 Å². The van der Waals surface area contributed by atoms with Crippen molar-refractivity contribution in [1.82, 2.24) is 4.90 Å². The summed E-state index contributed by atoms with van der Waals surface area (Å²) in [6, 6.07) is 0.472. The minimum absolute atomic E-state index is 0.279. The maximum atomic E-state index is 12.8. The molecule has 2 fully saturated rings. The molecule has 0 aromatic carbocycles. The fourth-order valence-corrected chi connectivity index (χ4v) is 3.88. The molecule has 0 saturated heterocycles. The number of hydrogen-bond donors (Lipinski definition) is 0. The van der Waals surface area contributed by atoms with Crippen LogP contribution in [0, 0.1) is 11.8 Å². The second kappa shape index (κ2) is 7.52. The van der Waals surface area contributed by atoms with Gasteiger partial charge in [0.05, 0.1) is 0 Å². The summed E-state index contributed by atoms with van der Waals surface area (Å²) in [5.74, 6) is 2.06. The summed E-state index contributed by atoms with van der Waals surface area (Å²) in [5.41, 5.74) is 0. The lowest BCUT2D eigenvalue weighted by Gasteiger charge is -2.37. The molecule has 0 N–H and O–H groups in total. The molecule has 19 heavy (non-hydrogen) atoms. The summed E-state index contributed by atoms with van der Waals surface area (Å²) in [7, 11) is 0. The smallest absolute Gasteiger partial charge is 0.225 e.